The molecular weight excluding hydrogens is 539 g/mol. The molecule has 200 valence electrons. The molecule has 0 amide bonds. The lowest BCUT2D eigenvalue weighted by molar-refractivity contribution is -0.139. The van der Waals surface area contributed by atoms with E-state index < -0.39 is 12.0 Å². The number of nitrogens with zero attached hydrogens (tertiary/aromatic N) is 2. The van der Waals surface area contributed by atoms with Crippen LogP contribution in [0.4, 0.5) is 4.39 Å². The summed E-state index contributed by atoms with van der Waals surface area (Å²) in [6.45, 7) is 3.98. The summed E-state index contributed by atoms with van der Waals surface area (Å²) in [5.41, 5.74) is 2.20. The van der Waals surface area contributed by atoms with Crippen LogP contribution in [0.1, 0.15) is 35.9 Å². The lowest BCUT2D eigenvalue weighted by Crippen LogP contribution is -2.39. The Kier molecular flexibility index (Phi) is 7.76. The number of hydrogen-bond donors (Lipinski definition) is 0. The number of thiazole rings is 1. The second kappa shape index (κ2) is 11.4. The zero-order valence-corrected chi connectivity index (χ0v) is 23.1. The van der Waals surface area contributed by atoms with Crippen LogP contribution in [0.3, 0.4) is 0 Å². The van der Waals surface area contributed by atoms with Gasteiger partial charge in [0.15, 0.2) is 16.3 Å². The number of aromatic nitrogens is 1. The summed E-state index contributed by atoms with van der Waals surface area (Å²) in [4.78, 5) is 32.6. The number of methoxy groups -OCH3 is 1. The van der Waals surface area contributed by atoms with Crippen LogP contribution in [0.2, 0.25) is 0 Å². The van der Waals surface area contributed by atoms with Crippen LogP contribution < -0.4 is 24.4 Å². The molecule has 2 aromatic carbocycles. The van der Waals surface area contributed by atoms with Gasteiger partial charge in [-0.25, -0.2) is 14.2 Å². The second-order valence-corrected chi connectivity index (χ2v) is 10.6. The first-order chi connectivity index (χ1) is 18.9. The fraction of sp³-hybridized carbons (Fsp3) is 0.207. The summed E-state index contributed by atoms with van der Waals surface area (Å²) >= 11 is 2.73. The molecule has 3 heterocycles. The van der Waals surface area contributed by atoms with Gasteiger partial charge in [0.05, 0.1) is 29.5 Å². The molecule has 0 aliphatic carbocycles. The van der Waals surface area contributed by atoms with Crippen LogP contribution in [0, 0.1) is 5.82 Å². The Morgan fingerprint density at radius 2 is 1.95 bits per heavy atom. The van der Waals surface area contributed by atoms with E-state index in [0.717, 1.165) is 16.0 Å². The van der Waals surface area contributed by atoms with Crippen molar-refractivity contribution in [2.75, 3.05) is 13.7 Å². The van der Waals surface area contributed by atoms with E-state index in [1.54, 1.807) is 55.9 Å². The Balaban J connectivity index is 1.51. The number of esters is 1. The number of ether oxygens (including phenoxy) is 3. The minimum absolute atomic E-state index is 0.225. The zero-order chi connectivity index (χ0) is 27.5. The minimum Gasteiger partial charge on any atom is -0.493 e. The van der Waals surface area contributed by atoms with E-state index in [0.29, 0.717) is 32.1 Å². The largest absolute Gasteiger partial charge is 0.493 e. The molecular formula is C29H25FN2O5S2. The maximum Gasteiger partial charge on any atom is 0.338 e. The van der Waals surface area contributed by atoms with Crippen molar-refractivity contribution in [1.29, 1.82) is 0 Å². The Hall–Kier alpha value is -4.02. The topological polar surface area (TPSA) is 79.1 Å². The van der Waals surface area contributed by atoms with Gasteiger partial charge in [0.1, 0.15) is 18.5 Å². The summed E-state index contributed by atoms with van der Waals surface area (Å²) in [5, 5.41) is 1.91. The number of fused-ring (bicyclic) bond motifs is 1. The molecule has 0 unspecified atom stereocenters. The number of thiophene rings is 1. The van der Waals surface area contributed by atoms with E-state index in [2.05, 4.69) is 4.99 Å². The first-order valence-electron chi connectivity index (χ1n) is 12.2. The van der Waals surface area contributed by atoms with Gasteiger partial charge in [-0.1, -0.05) is 35.6 Å². The summed E-state index contributed by atoms with van der Waals surface area (Å²) < 4.78 is 31.9. The number of allylic oxidation sites excluding steroid dienone is 1. The summed E-state index contributed by atoms with van der Waals surface area (Å²) in [6, 6.07) is 14.6. The molecule has 0 saturated carbocycles. The SMILES string of the molecule is CCOC(=O)C1=C(C)N=c2s/c(=C\c3ccc(OCc4ccc(F)cc4)c(OC)c3)c(=O)n2[C@@H]1c1cccs1. The van der Waals surface area contributed by atoms with Crippen LogP contribution in [0.15, 0.2) is 81.0 Å². The van der Waals surface area contributed by atoms with E-state index in [9.17, 15) is 14.0 Å². The number of benzene rings is 2. The Bertz CT molecular complexity index is 1720. The van der Waals surface area contributed by atoms with Gasteiger partial charge in [-0.2, -0.15) is 0 Å². The average molecular weight is 565 g/mol. The predicted octanol–water partition coefficient (Wildman–Crippen LogP) is 4.59. The van der Waals surface area contributed by atoms with Gasteiger partial charge >= 0.3 is 5.97 Å². The monoisotopic (exact) mass is 564 g/mol. The molecule has 0 bridgehead atoms. The number of hydrogen-bond acceptors (Lipinski definition) is 8. The molecule has 0 fully saturated rings. The third-order valence-electron chi connectivity index (χ3n) is 6.12. The quantitative estimate of drug-likeness (QED) is 0.293. The van der Waals surface area contributed by atoms with Crippen molar-refractivity contribution in [1.82, 2.24) is 4.57 Å². The molecule has 0 spiro atoms. The first-order valence-corrected chi connectivity index (χ1v) is 13.9. The molecule has 10 heteroatoms. The maximum absolute atomic E-state index is 13.7. The standard InChI is InChI=1S/C29H25FN2O5S2/c1-4-36-28(34)25-17(2)31-29-32(26(25)23-6-5-13-38-23)27(33)24(39-29)15-19-9-12-21(22(14-19)35-3)37-16-18-7-10-20(30)11-8-18/h5-15,26H,4,16H2,1-3H3/b24-15-/t26-/m1/s1. The van der Waals surface area contributed by atoms with Crippen LogP contribution in [-0.4, -0.2) is 24.3 Å². The third kappa shape index (κ3) is 5.43. The summed E-state index contributed by atoms with van der Waals surface area (Å²) in [5.74, 6) is 0.232. The first kappa shape index (κ1) is 26.6. The molecule has 4 aromatic rings. The van der Waals surface area contributed by atoms with Gasteiger partial charge in [0.25, 0.3) is 5.56 Å². The molecule has 39 heavy (non-hydrogen) atoms. The molecule has 0 radical (unpaired) electrons. The van der Waals surface area contributed by atoms with Crippen molar-refractivity contribution in [2.45, 2.75) is 26.5 Å². The van der Waals surface area contributed by atoms with Crippen molar-refractivity contribution < 1.29 is 23.4 Å². The van der Waals surface area contributed by atoms with E-state index >= 15 is 0 Å². The van der Waals surface area contributed by atoms with Crippen molar-refractivity contribution in [2.24, 2.45) is 4.99 Å². The predicted molar refractivity (Wildman–Crippen MR) is 148 cm³/mol. The Morgan fingerprint density at radius 3 is 2.64 bits per heavy atom. The summed E-state index contributed by atoms with van der Waals surface area (Å²) in [6.07, 6.45) is 1.77. The van der Waals surface area contributed by atoms with Crippen LogP contribution in [0.5, 0.6) is 11.5 Å². The molecule has 0 N–H and O–H groups in total. The van der Waals surface area contributed by atoms with Crippen molar-refractivity contribution in [3.8, 4) is 11.5 Å². The van der Waals surface area contributed by atoms with Gasteiger partial charge in [0, 0.05) is 4.88 Å². The molecule has 1 aliphatic rings. The third-order valence-corrected chi connectivity index (χ3v) is 8.03. The smallest absolute Gasteiger partial charge is 0.338 e. The summed E-state index contributed by atoms with van der Waals surface area (Å²) in [7, 11) is 1.54. The lowest BCUT2D eigenvalue weighted by atomic mass is 10.0. The van der Waals surface area contributed by atoms with E-state index in [4.69, 9.17) is 14.2 Å². The van der Waals surface area contributed by atoms with Crippen LogP contribution in [-0.2, 0) is 16.1 Å². The Labute approximate surface area is 231 Å². The van der Waals surface area contributed by atoms with Gasteiger partial charge in [-0.3, -0.25) is 9.36 Å². The number of carbonyl (C=O) groups is 1. The average Bonchev–Trinajstić information content (AvgIpc) is 3.56. The highest BCUT2D eigenvalue weighted by Crippen LogP contribution is 2.33. The fourth-order valence-corrected chi connectivity index (χ4v) is 6.16. The highest BCUT2D eigenvalue weighted by Gasteiger charge is 2.33. The van der Waals surface area contributed by atoms with Crippen LogP contribution >= 0.6 is 22.7 Å². The fourth-order valence-electron chi connectivity index (χ4n) is 4.29. The lowest BCUT2D eigenvalue weighted by Gasteiger charge is -2.23. The number of carbonyl (C=O) groups excluding carboxylic acids is 1. The molecule has 1 atom stereocenters. The number of rotatable bonds is 8. The van der Waals surface area contributed by atoms with Crippen molar-refractivity contribution in [3.63, 3.8) is 0 Å². The van der Waals surface area contributed by atoms with Gasteiger partial charge < -0.3 is 14.2 Å². The minimum atomic E-state index is -0.612. The second-order valence-electron chi connectivity index (χ2n) is 8.64. The molecule has 2 aromatic heterocycles. The van der Waals surface area contributed by atoms with Gasteiger partial charge in [-0.15, -0.1) is 11.3 Å². The molecule has 5 rings (SSSR count). The van der Waals surface area contributed by atoms with Crippen molar-refractivity contribution >= 4 is 34.7 Å². The van der Waals surface area contributed by atoms with Gasteiger partial charge in [0.2, 0.25) is 0 Å². The zero-order valence-electron chi connectivity index (χ0n) is 21.5. The maximum atomic E-state index is 13.7. The van der Waals surface area contributed by atoms with E-state index in [-0.39, 0.29) is 24.6 Å². The van der Waals surface area contributed by atoms with Crippen molar-refractivity contribution in [3.05, 3.63) is 113 Å². The molecule has 0 saturated heterocycles. The van der Waals surface area contributed by atoms with E-state index in [1.165, 1.54) is 34.8 Å². The van der Waals surface area contributed by atoms with Crippen LogP contribution in [0.25, 0.3) is 6.08 Å². The van der Waals surface area contributed by atoms with E-state index in [1.807, 2.05) is 23.6 Å². The van der Waals surface area contributed by atoms with Gasteiger partial charge in [-0.05, 0) is 66.8 Å². The highest BCUT2D eigenvalue weighted by molar-refractivity contribution is 7.10. The normalized spacial score (nSPS) is 15.1. The number of halogens is 1. The molecule has 7 nitrogen and oxygen atoms in total. The Morgan fingerprint density at radius 1 is 1.15 bits per heavy atom. The highest BCUT2D eigenvalue weighted by atomic mass is 32.1. The molecule has 1 aliphatic heterocycles.